The molecule has 3 rings (SSSR count). The van der Waals surface area contributed by atoms with Gasteiger partial charge in [0.2, 0.25) is 0 Å². The number of nitrogens with one attached hydrogen (secondary N) is 1. The molecule has 0 spiro atoms. The molecular formula is C16H12Br2N2O3. The van der Waals surface area contributed by atoms with Gasteiger partial charge in [-0.3, -0.25) is 9.69 Å². The first kappa shape index (κ1) is 16.0. The van der Waals surface area contributed by atoms with Gasteiger partial charge in [0.25, 0.3) is 5.91 Å². The smallest absolute Gasteiger partial charge is 0.414 e. The van der Waals surface area contributed by atoms with Gasteiger partial charge in [0.15, 0.2) is 0 Å². The van der Waals surface area contributed by atoms with Gasteiger partial charge in [0, 0.05) is 20.2 Å². The number of benzene rings is 2. The van der Waals surface area contributed by atoms with Gasteiger partial charge in [0.1, 0.15) is 6.61 Å². The lowest BCUT2D eigenvalue weighted by Crippen LogP contribution is -2.23. The standard InChI is InChI=1S/C16H12Br2N2O3/c17-11-4-5-14(13(18)9-11)19-15(21)10-2-1-3-12(8-10)20-6-7-23-16(20)22/h1-5,8-9H,6-7H2,(H,19,21). The third-order valence-corrected chi connectivity index (χ3v) is 4.51. The molecule has 0 saturated carbocycles. The lowest BCUT2D eigenvalue weighted by atomic mass is 10.1. The molecule has 1 heterocycles. The quantitative estimate of drug-likeness (QED) is 0.769. The molecule has 1 aliphatic heterocycles. The Morgan fingerprint density at radius 1 is 1.17 bits per heavy atom. The number of ether oxygens (including phenoxy) is 1. The number of hydrogen-bond donors (Lipinski definition) is 1. The van der Waals surface area contributed by atoms with E-state index >= 15 is 0 Å². The average molecular weight is 440 g/mol. The van der Waals surface area contributed by atoms with Crippen LogP contribution in [0.2, 0.25) is 0 Å². The molecule has 0 aromatic heterocycles. The lowest BCUT2D eigenvalue weighted by Gasteiger charge is -2.14. The summed E-state index contributed by atoms with van der Waals surface area (Å²) in [4.78, 5) is 25.5. The highest BCUT2D eigenvalue weighted by molar-refractivity contribution is 9.11. The maximum atomic E-state index is 12.4. The summed E-state index contributed by atoms with van der Waals surface area (Å²) in [5.41, 5.74) is 1.79. The molecule has 2 aromatic rings. The van der Waals surface area contributed by atoms with Crippen molar-refractivity contribution in [3.05, 3.63) is 57.0 Å². The Morgan fingerprint density at radius 3 is 2.70 bits per heavy atom. The van der Waals surface area contributed by atoms with Crippen LogP contribution >= 0.6 is 31.9 Å². The lowest BCUT2D eigenvalue weighted by molar-refractivity contribution is 0.102. The third-order valence-electron chi connectivity index (χ3n) is 3.36. The Kier molecular flexibility index (Phi) is 4.68. The van der Waals surface area contributed by atoms with Crippen LogP contribution in [0.25, 0.3) is 0 Å². The minimum atomic E-state index is -0.391. The normalized spacial score (nSPS) is 13.8. The number of halogens is 2. The van der Waals surface area contributed by atoms with Gasteiger partial charge in [-0.05, 0) is 52.3 Å². The fraction of sp³-hybridized carbons (Fsp3) is 0.125. The Balaban J connectivity index is 1.81. The van der Waals surface area contributed by atoms with Gasteiger partial charge in [-0.25, -0.2) is 4.79 Å². The van der Waals surface area contributed by atoms with E-state index in [0.717, 1.165) is 8.95 Å². The monoisotopic (exact) mass is 438 g/mol. The summed E-state index contributed by atoms with van der Waals surface area (Å²) in [6.07, 6.45) is -0.391. The second kappa shape index (κ2) is 6.72. The molecule has 0 radical (unpaired) electrons. The summed E-state index contributed by atoms with van der Waals surface area (Å²) in [6, 6.07) is 12.4. The maximum absolute atomic E-state index is 12.4. The molecule has 118 valence electrons. The minimum Gasteiger partial charge on any atom is -0.447 e. The number of rotatable bonds is 3. The SMILES string of the molecule is O=C(Nc1ccc(Br)cc1Br)c1cccc(N2CCOC2=O)c1. The van der Waals surface area contributed by atoms with Gasteiger partial charge < -0.3 is 10.1 Å². The summed E-state index contributed by atoms with van der Waals surface area (Å²) in [5, 5.41) is 2.84. The number of cyclic esters (lactones) is 1. The van der Waals surface area contributed by atoms with Crippen LogP contribution in [-0.2, 0) is 4.74 Å². The van der Waals surface area contributed by atoms with Crippen molar-refractivity contribution in [2.24, 2.45) is 0 Å². The molecule has 0 bridgehead atoms. The van der Waals surface area contributed by atoms with Crippen LogP contribution in [0.3, 0.4) is 0 Å². The number of carbonyl (C=O) groups excluding carboxylic acids is 2. The summed E-state index contributed by atoms with van der Waals surface area (Å²) in [7, 11) is 0. The van der Waals surface area contributed by atoms with E-state index in [-0.39, 0.29) is 5.91 Å². The summed E-state index contributed by atoms with van der Waals surface area (Å²) in [5.74, 6) is -0.248. The molecular weight excluding hydrogens is 428 g/mol. The van der Waals surface area contributed by atoms with Crippen molar-refractivity contribution in [2.45, 2.75) is 0 Å². The molecule has 23 heavy (non-hydrogen) atoms. The second-order valence-electron chi connectivity index (χ2n) is 4.89. The van der Waals surface area contributed by atoms with Crippen molar-refractivity contribution in [3.63, 3.8) is 0 Å². The Morgan fingerprint density at radius 2 is 2.00 bits per heavy atom. The fourth-order valence-electron chi connectivity index (χ4n) is 2.23. The third kappa shape index (κ3) is 3.56. The molecule has 1 saturated heterocycles. The topological polar surface area (TPSA) is 58.6 Å². The van der Waals surface area contributed by atoms with Gasteiger partial charge in [-0.15, -0.1) is 0 Å². The predicted molar refractivity (Wildman–Crippen MR) is 94.9 cm³/mol. The summed E-state index contributed by atoms with van der Waals surface area (Å²) >= 11 is 6.78. The van der Waals surface area contributed by atoms with E-state index in [2.05, 4.69) is 37.2 Å². The predicted octanol–water partition coefficient (Wildman–Crippen LogP) is 4.42. The van der Waals surface area contributed by atoms with Crippen LogP contribution < -0.4 is 10.2 Å². The van der Waals surface area contributed by atoms with Crippen molar-refractivity contribution in [2.75, 3.05) is 23.4 Å². The van der Waals surface area contributed by atoms with Crippen molar-refractivity contribution in [1.29, 1.82) is 0 Å². The molecule has 2 amide bonds. The fourth-order valence-corrected chi connectivity index (χ4v) is 3.37. The van der Waals surface area contributed by atoms with Crippen molar-refractivity contribution < 1.29 is 14.3 Å². The van der Waals surface area contributed by atoms with Gasteiger partial charge >= 0.3 is 6.09 Å². The number of carbonyl (C=O) groups is 2. The highest BCUT2D eigenvalue weighted by Gasteiger charge is 2.24. The second-order valence-corrected chi connectivity index (χ2v) is 6.66. The zero-order chi connectivity index (χ0) is 16.4. The van der Waals surface area contributed by atoms with Crippen LogP contribution in [0.15, 0.2) is 51.4 Å². The molecule has 0 atom stereocenters. The van der Waals surface area contributed by atoms with Gasteiger partial charge in [-0.1, -0.05) is 22.0 Å². The summed E-state index contributed by atoms with van der Waals surface area (Å²) < 4.78 is 6.61. The first-order valence-electron chi connectivity index (χ1n) is 6.85. The van der Waals surface area contributed by atoms with E-state index in [1.807, 2.05) is 12.1 Å². The molecule has 5 nitrogen and oxygen atoms in total. The maximum Gasteiger partial charge on any atom is 0.414 e. The van der Waals surface area contributed by atoms with E-state index in [0.29, 0.717) is 30.1 Å². The van der Waals surface area contributed by atoms with E-state index in [4.69, 9.17) is 4.74 Å². The van der Waals surface area contributed by atoms with Crippen LogP contribution in [-0.4, -0.2) is 25.2 Å². The Hall–Kier alpha value is -1.86. The van der Waals surface area contributed by atoms with Crippen molar-refractivity contribution in [3.8, 4) is 0 Å². The van der Waals surface area contributed by atoms with E-state index < -0.39 is 6.09 Å². The van der Waals surface area contributed by atoms with Crippen LogP contribution in [0.1, 0.15) is 10.4 Å². The molecule has 1 aliphatic rings. The van der Waals surface area contributed by atoms with E-state index in [1.165, 1.54) is 4.90 Å². The van der Waals surface area contributed by atoms with E-state index in [9.17, 15) is 9.59 Å². The zero-order valence-electron chi connectivity index (χ0n) is 11.9. The number of nitrogens with zero attached hydrogens (tertiary/aromatic N) is 1. The number of amides is 2. The number of anilines is 2. The van der Waals surface area contributed by atoms with Crippen molar-refractivity contribution in [1.82, 2.24) is 0 Å². The minimum absolute atomic E-state index is 0.248. The zero-order valence-corrected chi connectivity index (χ0v) is 15.1. The molecule has 0 aliphatic carbocycles. The van der Waals surface area contributed by atoms with Crippen LogP contribution in [0, 0.1) is 0 Å². The largest absolute Gasteiger partial charge is 0.447 e. The molecule has 2 aromatic carbocycles. The highest BCUT2D eigenvalue weighted by Crippen LogP contribution is 2.27. The Bertz CT molecular complexity index is 780. The molecule has 0 unspecified atom stereocenters. The Labute approximate surface area is 149 Å². The molecule has 1 fully saturated rings. The number of hydrogen-bond acceptors (Lipinski definition) is 3. The first-order chi connectivity index (χ1) is 11.0. The first-order valence-corrected chi connectivity index (χ1v) is 8.44. The molecule has 1 N–H and O–H groups in total. The van der Waals surface area contributed by atoms with Crippen molar-refractivity contribution >= 4 is 55.2 Å². The molecule has 7 heteroatoms. The van der Waals surface area contributed by atoms with Crippen LogP contribution in [0.5, 0.6) is 0 Å². The highest BCUT2D eigenvalue weighted by atomic mass is 79.9. The van der Waals surface area contributed by atoms with Gasteiger partial charge in [-0.2, -0.15) is 0 Å². The summed E-state index contributed by atoms with van der Waals surface area (Å²) in [6.45, 7) is 0.850. The van der Waals surface area contributed by atoms with Crippen LogP contribution in [0.4, 0.5) is 16.2 Å². The average Bonchev–Trinajstić information content (AvgIpc) is 2.96. The van der Waals surface area contributed by atoms with E-state index in [1.54, 1.807) is 30.3 Å². The van der Waals surface area contributed by atoms with Gasteiger partial charge in [0.05, 0.1) is 12.2 Å².